The van der Waals surface area contributed by atoms with Crippen LogP contribution in [0.5, 0.6) is 0 Å². The number of nitrogens with zero attached hydrogens (tertiary/aromatic N) is 2. The second-order valence-corrected chi connectivity index (χ2v) is 8.27. The van der Waals surface area contributed by atoms with Crippen molar-refractivity contribution in [2.45, 2.75) is 53.0 Å². The van der Waals surface area contributed by atoms with E-state index in [0.29, 0.717) is 13.0 Å². The van der Waals surface area contributed by atoms with Crippen molar-refractivity contribution in [2.24, 2.45) is 5.73 Å². The topological polar surface area (TPSA) is 119 Å². The van der Waals surface area contributed by atoms with Crippen LogP contribution in [0.3, 0.4) is 0 Å². The molecule has 0 aliphatic carbocycles. The highest BCUT2D eigenvalue weighted by Crippen LogP contribution is 2.17. The van der Waals surface area contributed by atoms with Crippen molar-refractivity contribution in [1.82, 2.24) is 15.1 Å². The van der Waals surface area contributed by atoms with Gasteiger partial charge in [-0.05, 0) is 69.2 Å². The lowest BCUT2D eigenvalue weighted by molar-refractivity contribution is -0.107. The van der Waals surface area contributed by atoms with Crippen molar-refractivity contribution >= 4 is 18.3 Å². The van der Waals surface area contributed by atoms with Gasteiger partial charge < -0.3 is 26.0 Å². The maximum absolute atomic E-state index is 12.1. The molecule has 2 aromatic carbocycles. The Morgan fingerprint density at radius 2 is 1.61 bits per heavy atom. The maximum atomic E-state index is 12.1. The van der Waals surface area contributed by atoms with Crippen molar-refractivity contribution in [3.63, 3.8) is 0 Å². The van der Waals surface area contributed by atoms with Gasteiger partial charge in [0.05, 0.1) is 12.2 Å². The highest BCUT2D eigenvalue weighted by Gasteiger charge is 2.05. The molecule has 4 N–H and O–H groups in total. The number of aldehydes is 2. The van der Waals surface area contributed by atoms with Crippen LogP contribution in [0, 0.1) is 0 Å². The molecule has 0 amide bonds. The monoisotopic (exact) mass is 523 g/mol. The van der Waals surface area contributed by atoms with Gasteiger partial charge in [0.1, 0.15) is 12.6 Å². The summed E-state index contributed by atoms with van der Waals surface area (Å²) >= 11 is 0. The number of nitrogens with one attached hydrogen (secondary N) is 2. The van der Waals surface area contributed by atoms with Crippen LogP contribution in [0.2, 0.25) is 0 Å². The van der Waals surface area contributed by atoms with Gasteiger partial charge in [-0.1, -0.05) is 56.7 Å². The summed E-state index contributed by atoms with van der Waals surface area (Å²) in [6.07, 6.45) is 5.62. The zero-order chi connectivity index (χ0) is 28.6. The fourth-order valence-electron chi connectivity index (χ4n) is 3.07. The van der Waals surface area contributed by atoms with Gasteiger partial charge in [-0.3, -0.25) is 4.79 Å². The van der Waals surface area contributed by atoms with Crippen LogP contribution >= 0.6 is 0 Å². The lowest BCUT2D eigenvalue weighted by atomic mass is 10.1. The maximum Gasteiger partial charge on any atom is 0.267 e. The van der Waals surface area contributed by atoms with Crippen molar-refractivity contribution < 1.29 is 9.59 Å². The third-order valence-electron chi connectivity index (χ3n) is 4.86. The van der Waals surface area contributed by atoms with E-state index in [1.165, 1.54) is 30.5 Å². The highest BCUT2D eigenvalue weighted by molar-refractivity contribution is 5.61. The second kappa shape index (κ2) is 22.6. The molecule has 8 nitrogen and oxygen atoms in total. The molecule has 0 aliphatic rings. The summed E-state index contributed by atoms with van der Waals surface area (Å²) in [7, 11) is 3.81. The smallest absolute Gasteiger partial charge is 0.267 e. The average molecular weight is 524 g/mol. The first-order valence-corrected chi connectivity index (χ1v) is 13.1. The summed E-state index contributed by atoms with van der Waals surface area (Å²) in [5.41, 5.74) is 9.68. The van der Waals surface area contributed by atoms with Crippen LogP contribution < -0.4 is 21.9 Å². The number of hydrogen-bond donors (Lipinski definition) is 3. The molecular formula is C30H45N5O3. The Labute approximate surface area is 227 Å². The Kier molecular flexibility index (Phi) is 20.4. The molecule has 208 valence electrons. The number of hydrogen-bond acceptors (Lipinski definition) is 7. The van der Waals surface area contributed by atoms with E-state index in [1.54, 1.807) is 6.07 Å². The Morgan fingerprint density at radius 3 is 2.16 bits per heavy atom. The van der Waals surface area contributed by atoms with Crippen LogP contribution in [0.15, 0.2) is 65.5 Å². The van der Waals surface area contributed by atoms with E-state index in [2.05, 4.69) is 29.6 Å². The van der Waals surface area contributed by atoms with E-state index >= 15 is 0 Å². The van der Waals surface area contributed by atoms with Crippen LogP contribution in [-0.4, -0.2) is 49.5 Å². The first-order chi connectivity index (χ1) is 18.4. The predicted molar refractivity (Wildman–Crippen MR) is 159 cm³/mol. The third-order valence-corrected chi connectivity index (χ3v) is 4.86. The second-order valence-electron chi connectivity index (χ2n) is 8.27. The molecule has 0 saturated heterocycles. The molecule has 0 bridgehead atoms. The summed E-state index contributed by atoms with van der Waals surface area (Å²) in [4.78, 5) is 31.5. The molecular weight excluding hydrogens is 478 g/mol. The Balaban J connectivity index is 0.000000882. The molecule has 0 unspecified atom stereocenters. The lowest BCUT2D eigenvalue weighted by Crippen LogP contribution is -2.22. The summed E-state index contributed by atoms with van der Waals surface area (Å²) < 4.78 is 1.46. The number of carbonyl (C=O) groups excluding carboxylic acids is 2. The molecule has 3 rings (SSSR count). The van der Waals surface area contributed by atoms with Crippen LogP contribution in [0.4, 0.5) is 5.69 Å². The summed E-state index contributed by atoms with van der Waals surface area (Å²) in [6.45, 7) is 8.02. The van der Waals surface area contributed by atoms with E-state index < -0.39 is 0 Å². The molecule has 0 fully saturated rings. The Hall–Kier alpha value is -3.62. The van der Waals surface area contributed by atoms with Gasteiger partial charge in [0.25, 0.3) is 5.56 Å². The fourth-order valence-corrected chi connectivity index (χ4v) is 3.07. The standard InChI is InChI=1S/C20H19N3O2.C5H14N2.C3H8.C2H4O/c1-21-18-4-2-3-16(13-18)14-23-20(25)10-9-19(22-23)17-7-5-15(6-8-17)11-12-24;1-7-5-3-2-4-6;1-3-2;1-2-3/h2-10,12-13,21H,11,14H2,1H3;7H,2-6H2,1H3;3H2,1-2H3;2H,1H3. The molecule has 0 spiro atoms. The number of unbranched alkanes of at least 4 members (excludes halogenated alkanes) is 1. The zero-order valence-corrected chi connectivity index (χ0v) is 23.6. The minimum atomic E-state index is -0.142. The molecule has 0 radical (unpaired) electrons. The minimum Gasteiger partial charge on any atom is -0.388 e. The average Bonchev–Trinajstić information content (AvgIpc) is 2.92. The van der Waals surface area contributed by atoms with Crippen LogP contribution in [0.25, 0.3) is 11.3 Å². The van der Waals surface area contributed by atoms with Gasteiger partial charge in [0.15, 0.2) is 0 Å². The number of benzene rings is 2. The third kappa shape index (κ3) is 14.8. The molecule has 0 atom stereocenters. The first kappa shape index (κ1) is 34.4. The van der Waals surface area contributed by atoms with E-state index in [1.807, 2.05) is 62.6 Å². The van der Waals surface area contributed by atoms with Gasteiger partial charge in [0.2, 0.25) is 0 Å². The molecule has 3 aromatic rings. The van der Waals surface area contributed by atoms with Crippen molar-refractivity contribution in [3.8, 4) is 11.3 Å². The number of nitrogens with two attached hydrogens (primary N) is 1. The van der Waals surface area contributed by atoms with E-state index in [9.17, 15) is 9.59 Å². The fraction of sp³-hybridized carbons (Fsp3) is 0.400. The number of carbonyl (C=O) groups is 2. The zero-order valence-electron chi connectivity index (χ0n) is 23.6. The van der Waals surface area contributed by atoms with Crippen molar-refractivity contribution in [2.75, 3.05) is 32.5 Å². The Morgan fingerprint density at radius 1 is 0.947 bits per heavy atom. The molecule has 8 heteroatoms. The van der Waals surface area contributed by atoms with Gasteiger partial charge in [-0.15, -0.1) is 0 Å². The van der Waals surface area contributed by atoms with Gasteiger partial charge in [-0.2, -0.15) is 5.10 Å². The molecule has 0 saturated carbocycles. The molecule has 0 aliphatic heterocycles. The summed E-state index contributed by atoms with van der Waals surface area (Å²) in [5.74, 6) is 0. The molecule has 1 heterocycles. The number of anilines is 1. The normalized spacial score (nSPS) is 9.42. The quantitative estimate of drug-likeness (QED) is 0.268. The molecule has 1 aromatic heterocycles. The van der Waals surface area contributed by atoms with Crippen LogP contribution in [-0.2, 0) is 22.6 Å². The van der Waals surface area contributed by atoms with E-state index in [-0.39, 0.29) is 5.56 Å². The molecule has 38 heavy (non-hydrogen) atoms. The summed E-state index contributed by atoms with van der Waals surface area (Å²) in [6, 6.07) is 18.8. The van der Waals surface area contributed by atoms with Crippen molar-refractivity contribution in [1.29, 1.82) is 0 Å². The SMILES string of the molecule is CC=O.CCC.CNCCCCN.CNc1cccc(Cn2nc(-c3ccc(CC=O)cc3)ccc2=O)c1. The number of aromatic nitrogens is 2. The van der Waals surface area contributed by atoms with E-state index in [4.69, 9.17) is 10.5 Å². The van der Waals surface area contributed by atoms with Gasteiger partial charge in [-0.25, -0.2) is 4.68 Å². The largest absolute Gasteiger partial charge is 0.388 e. The highest BCUT2D eigenvalue weighted by atomic mass is 16.1. The number of rotatable bonds is 10. The van der Waals surface area contributed by atoms with Gasteiger partial charge in [0, 0.05) is 30.8 Å². The predicted octanol–water partition coefficient (Wildman–Crippen LogP) is 4.31. The van der Waals surface area contributed by atoms with Gasteiger partial charge >= 0.3 is 0 Å². The van der Waals surface area contributed by atoms with Crippen molar-refractivity contribution in [3.05, 3.63) is 82.1 Å². The Bertz CT molecular complexity index is 1080. The lowest BCUT2D eigenvalue weighted by Gasteiger charge is -2.09. The minimum absolute atomic E-state index is 0.142. The summed E-state index contributed by atoms with van der Waals surface area (Å²) in [5, 5.41) is 10.6. The van der Waals surface area contributed by atoms with E-state index in [0.717, 1.165) is 60.2 Å². The first-order valence-electron chi connectivity index (χ1n) is 13.1. The van der Waals surface area contributed by atoms with Crippen LogP contribution in [0.1, 0.15) is 51.2 Å².